The standard InChI is InChI=1S/C25H24Cl2N4O2/c1-25(2,3)16-6-4-14(5-7-16)15-10-21-18(22(32)11-15)13-28-23(30-21)31-24(33)29-17-8-9-19(26)20(27)12-17/h4-9,12-13,15H,10-11H2,1-3H3,(H2,28,29,30,31,33). The quantitative estimate of drug-likeness (QED) is 0.438. The van der Waals surface area contributed by atoms with Crippen molar-refractivity contribution in [3.05, 3.63) is 81.1 Å². The van der Waals surface area contributed by atoms with E-state index in [2.05, 4.69) is 65.6 Å². The van der Waals surface area contributed by atoms with Crippen molar-refractivity contribution in [3.8, 4) is 0 Å². The van der Waals surface area contributed by atoms with E-state index in [1.807, 2.05) is 0 Å². The number of benzene rings is 2. The van der Waals surface area contributed by atoms with Crippen molar-refractivity contribution in [2.45, 2.75) is 44.9 Å². The molecule has 2 aromatic carbocycles. The number of Topliss-reactive ketones (excluding diaryl/α,β-unsaturated/α-hetero) is 1. The second-order valence-corrected chi connectivity index (χ2v) is 9.98. The van der Waals surface area contributed by atoms with E-state index in [1.165, 1.54) is 11.8 Å². The van der Waals surface area contributed by atoms with Crippen LogP contribution in [0.4, 0.5) is 16.4 Å². The van der Waals surface area contributed by atoms with Crippen LogP contribution in [0.2, 0.25) is 10.0 Å². The molecule has 0 saturated carbocycles. The van der Waals surface area contributed by atoms with Gasteiger partial charge in [0.1, 0.15) is 0 Å². The number of carbonyl (C=O) groups is 2. The fourth-order valence-electron chi connectivity index (χ4n) is 3.83. The topological polar surface area (TPSA) is 84.0 Å². The van der Waals surface area contributed by atoms with E-state index in [-0.39, 0.29) is 23.1 Å². The first kappa shape index (κ1) is 23.2. The third kappa shape index (κ3) is 5.34. The van der Waals surface area contributed by atoms with Gasteiger partial charge in [0, 0.05) is 18.3 Å². The summed E-state index contributed by atoms with van der Waals surface area (Å²) in [6.45, 7) is 6.52. The maximum Gasteiger partial charge on any atom is 0.326 e. The fraction of sp³-hybridized carbons (Fsp3) is 0.280. The first-order valence-electron chi connectivity index (χ1n) is 10.6. The van der Waals surface area contributed by atoms with Crippen molar-refractivity contribution in [1.82, 2.24) is 9.97 Å². The summed E-state index contributed by atoms with van der Waals surface area (Å²) >= 11 is 11.9. The Morgan fingerprint density at radius 1 is 1.00 bits per heavy atom. The van der Waals surface area contributed by atoms with Crippen LogP contribution in [-0.2, 0) is 11.8 Å². The molecule has 1 aromatic heterocycles. The number of halogens is 2. The highest BCUT2D eigenvalue weighted by molar-refractivity contribution is 6.42. The molecule has 0 aliphatic heterocycles. The van der Waals surface area contributed by atoms with Gasteiger partial charge in [-0.1, -0.05) is 68.2 Å². The summed E-state index contributed by atoms with van der Waals surface area (Å²) in [4.78, 5) is 33.7. The monoisotopic (exact) mass is 482 g/mol. The molecule has 2 N–H and O–H groups in total. The largest absolute Gasteiger partial charge is 0.326 e. The first-order valence-corrected chi connectivity index (χ1v) is 11.4. The molecule has 1 aliphatic rings. The number of aromatic nitrogens is 2. The lowest BCUT2D eigenvalue weighted by Gasteiger charge is -2.25. The normalized spacial score (nSPS) is 15.7. The minimum atomic E-state index is -0.523. The molecule has 1 heterocycles. The Morgan fingerprint density at radius 2 is 1.73 bits per heavy atom. The van der Waals surface area contributed by atoms with E-state index in [0.29, 0.717) is 39.8 Å². The predicted molar refractivity (Wildman–Crippen MR) is 132 cm³/mol. The fourth-order valence-corrected chi connectivity index (χ4v) is 4.13. The molecule has 2 amide bonds. The first-order chi connectivity index (χ1) is 15.6. The van der Waals surface area contributed by atoms with E-state index < -0.39 is 6.03 Å². The van der Waals surface area contributed by atoms with Gasteiger partial charge in [-0.25, -0.2) is 14.8 Å². The van der Waals surface area contributed by atoms with Crippen molar-refractivity contribution >= 4 is 46.7 Å². The van der Waals surface area contributed by atoms with Gasteiger partial charge in [-0.2, -0.15) is 0 Å². The number of ketones is 1. The molecule has 1 aliphatic carbocycles. The summed E-state index contributed by atoms with van der Waals surface area (Å²) in [5, 5.41) is 6.00. The number of rotatable bonds is 3. The number of fused-ring (bicyclic) bond motifs is 1. The molecular weight excluding hydrogens is 459 g/mol. The molecule has 0 saturated heterocycles. The summed E-state index contributed by atoms with van der Waals surface area (Å²) < 4.78 is 0. The second kappa shape index (κ2) is 9.12. The molecular formula is C25H24Cl2N4O2. The number of carbonyl (C=O) groups excluding carboxylic acids is 2. The number of hydrogen-bond donors (Lipinski definition) is 2. The number of amides is 2. The van der Waals surface area contributed by atoms with Crippen molar-refractivity contribution in [2.75, 3.05) is 10.6 Å². The highest BCUT2D eigenvalue weighted by Gasteiger charge is 2.28. The van der Waals surface area contributed by atoms with Crippen LogP contribution in [0.1, 0.15) is 60.3 Å². The zero-order valence-electron chi connectivity index (χ0n) is 18.6. The Hall–Kier alpha value is -2.96. The van der Waals surface area contributed by atoms with Crippen LogP contribution >= 0.6 is 23.2 Å². The third-order valence-electron chi connectivity index (χ3n) is 5.69. The van der Waals surface area contributed by atoms with E-state index in [0.717, 1.165) is 5.56 Å². The number of urea groups is 1. The van der Waals surface area contributed by atoms with E-state index in [1.54, 1.807) is 18.2 Å². The van der Waals surface area contributed by atoms with Crippen LogP contribution in [-0.4, -0.2) is 21.8 Å². The van der Waals surface area contributed by atoms with Gasteiger partial charge < -0.3 is 5.32 Å². The summed E-state index contributed by atoms with van der Waals surface area (Å²) in [5.41, 5.74) is 4.04. The molecule has 170 valence electrons. The molecule has 8 heteroatoms. The Labute approximate surface area is 202 Å². The maximum atomic E-state index is 12.7. The Kier molecular flexibility index (Phi) is 6.41. The van der Waals surface area contributed by atoms with Gasteiger partial charge in [0.25, 0.3) is 0 Å². The molecule has 0 spiro atoms. The molecule has 33 heavy (non-hydrogen) atoms. The van der Waals surface area contributed by atoms with E-state index >= 15 is 0 Å². The SMILES string of the molecule is CC(C)(C)c1ccc(C2CC(=O)c3cnc(NC(=O)Nc4ccc(Cl)c(Cl)c4)nc3C2)cc1. The van der Waals surface area contributed by atoms with Crippen LogP contribution in [0.3, 0.4) is 0 Å². The van der Waals surface area contributed by atoms with Gasteiger partial charge in [-0.15, -0.1) is 0 Å². The van der Waals surface area contributed by atoms with Crippen LogP contribution < -0.4 is 10.6 Å². The van der Waals surface area contributed by atoms with Gasteiger partial charge in [-0.3, -0.25) is 10.1 Å². The number of nitrogens with zero attached hydrogens (tertiary/aromatic N) is 2. The van der Waals surface area contributed by atoms with Crippen LogP contribution in [0, 0.1) is 0 Å². The summed E-state index contributed by atoms with van der Waals surface area (Å²) in [6.07, 6.45) is 2.50. The van der Waals surface area contributed by atoms with E-state index in [4.69, 9.17) is 23.2 Å². The molecule has 1 atom stereocenters. The van der Waals surface area contributed by atoms with Crippen molar-refractivity contribution in [1.29, 1.82) is 0 Å². The molecule has 1 unspecified atom stereocenters. The molecule has 0 bridgehead atoms. The highest BCUT2D eigenvalue weighted by atomic mass is 35.5. The Balaban J connectivity index is 1.49. The zero-order valence-corrected chi connectivity index (χ0v) is 20.1. The number of hydrogen-bond acceptors (Lipinski definition) is 4. The number of anilines is 2. The molecule has 0 fully saturated rings. The van der Waals surface area contributed by atoms with Gasteiger partial charge in [-0.05, 0) is 47.1 Å². The van der Waals surface area contributed by atoms with Gasteiger partial charge in [0.15, 0.2) is 5.78 Å². The lowest BCUT2D eigenvalue weighted by molar-refractivity contribution is 0.0962. The van der Waals surface area contributed by atoms with Gasteiger partial charge in [0.05, 0.1) is 21.3 Å². The summed E-state index contributed by atoms with van der Waals surface area (Å²) in [5.74, 6) is 0.169. The smallest absolute Gasteiger partial charge is 0.308 e. The zero-order chi connectivity index (χ0) is 23.8. The van der Waals surface area contributed by atoms with Crippen molar-refractivity contribution in [2.24, 2.45) is 0 Å². The van der Waals surface area contributed by atoms with Crippen LogP contribution in [0.5, 0.6) is 0 Å². The lowest BCUT2D eigenvalue weighted by atomic mass is 9.80. The third-order valence-corrected chi connectivity index (χ3v) is 6.43. The predicted octanol–water partition coefficient (Wildman–Crippen LogP) is 6.64. The highest BCUT2D eigenvalue weighted by Crippen LogP contribution is 2.33. The van der Waals surface area contributed by atoms with Crippen molar-refractivity contribution < 1.29 is 9.59 Å². The minimum Gasteiger partial charge on any atom is -0.308 e. The molecule has 6 nitrogen and oxygen atoms in total. The van der Waals surface area contributed by atoms with E-state index in [9.17, 15) is 9.59 Å². The Morgan fingerprint density at radius 3 is 2.39 bits per heavy atom. The van der Waals surface area contributed by atoms with Crippen LogP contribution in [0.15, 0.2) is 48.7 Å². The Bertz CT molecular complexity index is 1220. The van der Waals surface area contributed by atoms with Crippen LogP contribution in [0.25, 0.3) is 0 Å². The van der Waals surface area contributed by atoms with Crippen molar-refractivity contribution in [3.63, 3.8) is 0 Å². The van der Waals surface area contributed by atoms with Gasteiger partial charge >= 0.3 is 6.03 Å². The summed E-state index contributed by atoms with van der Waals surface area (Å²) in [6, 6.07) is 12.7. The molecule has 4 rings (SSSR count). The lowest BCUT2D eigenvalue weighted by Crippen LogP contribution is -2.24. The average molecular weight is 483 g/mol. The average Bonchev–Trinajstić information content (AvgIpc) is 2.75. The summed E-state index contributed by atoms with van der Waals surface area (Å²) in [7, 11) is 0. The second-order valence-electron chi connectivity index (χ2n) is 9.16. The maximum absolute atomic E-state index is 12.7. The molecule has 0 radical (unpaired) electrons. The molecule has 3 aromatic rings. The van der Waals surface area contributed by atoms with Gasteiger partial charge in [0.2, 0.25) is 5.95 Å². The minimum absolute atomic E-state index is 0.00737. The number of nitrogens with one attached hydrogen (secondary N) is 2.